The topological polar surface area (TPSA) is 39.4 Å². The van der Waals surface area contributed by atoms with Gasteiger partial charge in [-0.15, -0.1) is 0 Å². The Hall–Kier alpha value is -2.55. The molecule has 3 aromatic rings. The molecular weight excluding hydrogens is 264 g/mol. The van der Waals surface area contributed by atoms with Crippen LogP contribution < -0.4 is 10.4 Å². The maximum Gasteiger partial charge on any atom is 0.344 e. The molecule has 3 nitrogen and oxygen atoms in total. The van der Waals surface area contributed by atoms with E-state index >= 15 is 0 Å². The first kappa shape index (κ1) is 12.2. The van der Waals surface area contributed by atoms with Crippen LogP contribution in [0.5, 0.6) is 5.75 Å². The summed E-state index contributed by atoms with van der Waals surface area (Å²) in [6.07, 6.45) is 0.704. The molecule has 0 fully saturated rings. The van der Waals surface area contributed by atoms with Crippen molar-refractivity contribution in [3.05, 3.63) is 64.0 Å². The Labute approximate surface area is 121 Å². The lowest BCUT2D eigenvalue weighted by molar-refractivity contribution is 0.324. The minimum absolute atomic E-state index is 0.291. The van der Waals surface area contributed by atoms with Crippen LogP contribution in [-0.4, -0.2) is 6.61 Å². The zero-order chi connectivity index (χ0) is 14.4. The number of aryl methyl sites for hydroxylation is 1. The summed E-state index contributed by atoms with van der Waals surface area (Å²) in [4.78, 5) is 12.5. The molecule has 3 heteroatoms. The van der Waals surface area contributed by atoms with Gasteiger partial charge in [0, 0.05) is 17.4 Å². The van der Waals surface area contributed by atoms with Gasteiger partial charge >= 0.3 is 5.63 Å². The van der Waals surface area contributed by atoms with Crippen LogP contribution >= 0.6 is 0 Å². The molecule has 0 N–H and O–H groups in total. The molecule has 1 aliphatic heterocycles. The Morgan fingerprint density at radius 1 is 1.05 bits per heavy atom. The number of para-hydroxylation sites is 2. The van der Waals surface area contributed by atoms with E-state index in [1.165, 1.54) is 0 Å². The maximum atomic E-state index is 12.5. The molecule has 0 bridgehead atoms. The number of ether oxygens (including phenoxy) is 1. The lowest BCUT2D eigenvalue weighted by Crippen LogP contribution is -2.07. The van der Waals surface area contributed by atoms with Gasteiger partial charge in [-0.2, -0.15) is 0 Å². The third kappa shape index (κ3) is 1.77. The highest BCUT2D eigenvalue weighted by Gasteiger charge is 2.23. The monoisotopic (exact) mass is 278 g/mol. The summed E-state index contributed by atoms with van der Waals surface area (Å²) in [5.41, 5.74) is 3.88. The second kappa shape index (κ2) is 4.48. The van der Waals surface area contributed by atoms with E-state index in [-0.39, 0.29) is 5.63 Å². The van der Waals surface area contributed by atoms with E-state index < -0.39 is 0 Å². The molecule has 0 atom stereocenters. The van der Waals surface area contributed by atoms with E-state index in [4.69, 9.17) is 9.15 Å². The van der Waals surface area contributed by atoms with E-state index in [9.17, 15) is 4.79 Å². The van der Waals surface area contributed by atoms with Crippen LogP contribution in [0.2, 0.25) is 0 Å². The average Bonchev–Trinajstić information content (AvgIpc) is 2.68. The van der Waals surface area contributed by atoms with Crippen LogP contribution in [0, 0.1) is 6.92 Å². The Kier molecular flexibility index (Phi) is 2.61. The minimum Gasteiger partial charge on any atom is -0.492 e. The second-order valence-electron chi connectivity index (χ2n) is 5.29. The second-order valence-corrected chi connectivity index (χ2v) is 5.29. The third-order valence-electron chi connectivity index (χ3n) is 4.00. The summed E-state index contributed by atoms with van der Waals surface area (Å²) < 4.78 is 11.4. The molecule has 0 spiro atoms. The van der Waals surface area contributed by atoms with Gasteiger partial charge in [-0.25, -0.2) is 4.79 Å². The van der Waals surface area contributed by atoms with Crippen molar-refractivity contribution in [1.82, 2.24) is 0 Å². The molecule has 0 amide bonds. The molecule has 0 unspecified atom stereocenters. The van der Waals surface area contributed by atoms with Gasteiger partial charge in [0.2, 0.25) is 0 Å². The summed E-state index contributed by atoms with van der Waals surface area (Å²) >= 11 is 0. The summed E-state index contributed by atoms with van der Waals surface area (Å²) in [6.45, 7) is 2.56. The first-order chi connectivity index (χ1) is 10.3. The van der Waals surface area contributed by atoms with Crippen LogP contribution in [-0.2, 0) is 6.42 Å². The van der Waals surface area contributed by atoms with Crippen molar-refractivity contribution in [2.45, 2.75) is 13.3 Å². The average molecular weight is 278 g/mol. The highest BCUT2D eigenvalue weighted by atomic mass is 16.5. The van der Waals surface area contributed by atoms with E-state index in [1.54, 1.807) is 0 Å². The van der Waals surface area contributed by atoms with Crippen LogP contribution in [0.4, 0.5) is 0 Å². The van der Waals surface area contributed by atoms with Crippen LogP contribution in [0.15, 0.2) is 51.7 Å². The van der Waals surface area contributed by atoms with Crippen molar-refractivity contribution in [1.29, 1.82) is 0 Å². The number of fused-ring (bicyclic) bond motifs is 5. The summed E-state index contributed by atoms with van der Waals surface area (Å²) in [5, 5.41) is 0.991. The maximum absolute atomic E-state index is 12.5. The third-order valence-corrected chi connectivity index (χ3v) is 4.00. The number of hydrogen-bond donors (Lipinski definition) is 0. The fourth-order valence-electron chi connectivity index (χ4n) is 3.04. The standard InChI is InChI=1S/C18H14O3/c1-11-5-4-7-14-16-13(9-10-20-17(11)14)12-6-2-3-8-15(12)21-18(16)19/h2-8H,9-10H2,1H3. The highest BCUT2D eigenvalue weighted by molar-refractivity contribution is 5.88. The van der Waals surface area contributed by atoms with Crippen molar-refractivity contribution in [3.63, 3.8) is 0 Å². The number of benzene rings is 2. The summed E-state index contributed by atoms with van der Waals surface area (Å²) in [6, 6.07) is 13.5. The molecule has 4 rings (SSSR count). The van der Waals surface area contributed by atoms with Crippen LogP contribution in [0.1, 0.15) is 11.1 Å². The zero-order valence-electron chi connectivity index (χ0n) is 11.7. The SMILES string of the molecule is Cc1cccc2c1OCCc1c-2c(=O)oc2ccccc12. The van der Waals surface area contributed by atoms with E-state index in [1.807, 2.05) is 49.4 Å². The lowest BCUT2D eigenvalue weighted by atomic mass is 9.96. The first-order valence-corrected chi connectivity index (χ1v) is 7.03. The van der Waals surface area contributed by atoms with Crippen LogP contribution in [0.25, 0.3) is 22.1 Å². The number of rotatable bonds is 0. The van der Waals surface area contributed by atoms with Gasteiger partial charge in [0.15, 0.2) is 0 Å². The Morgan fingerprint density at radius 3 is 2.81 bits per heavy atom. The van der Waals surface area contributed by atoms with Gasteiger partial charge in [0.1, 0.15) is 11.3 Å². The lowest BCUT2D eigenvalue weighted by Gasteiger charge is -2.10. The normalized spacial score (nSPS) is 13.2. The predicted molar refractivity (Wildman–Crippen MR) is 81.9 cm³/mol. The molecule has 104 valence electrons. The quantitative estimate of drug-likeness (QED) is 0.588. The van der Waals surface area contributed by atoms with Crippen LogP contribution in [0.3, 0.4) is 0 Å². The van der Waals surface area contributed by atoms with Crippen molar-refractivity contribution >= 4 is 11.0 Å². The number of hydrogen-bond acceptors (Lipinski definition) is 3. The van der Waals surface area contributed by atoms with Gasteiger partial charge in [-0.05, 0) is 24.1 Å². The molecule has 0 saturated heterocycles. The van der Waals surface area contributed by atoms with E-state index in [2.05, 4.69) is 0 Å². The highest BCUT2D eigenvalue weighted by Crippen LogP contribution is 2.37. The van der Waals surface area contributed by atoms with Gasteiger partial charge in [-0.3, -0.25) is 0 Å². The van der Waals surface area contributed by atoms with E-state index in [0.29, 0.717) is 24.2 Å². The largest absolute Gasteiger partial charge is 0.492 e. The fraction of sp³-hybridized carbons (Fsp3) is 0.167. The summed E-state index contributed by atoms with van der Waals surface area (Å²) in [5.74, 6) is 0.791. The van der Waals surface area contributed by atoms with Crippen molar-refractivity contribution in [2.75, 3.05) is 6.61 Å². The molecule has 1 aliphatic rings. The first-order valence-electron chi connectivity index (χ1n) is 7.03. The van der Waals surface area contributed by atoms with Crippen molar-refractivity contribution in [3.8, 4) is 16.9 Å². The smallest absolute Gasteiger partial charge is 0.344 e. The van der Waals surface area contributed by atoms with Gasteiger partial charge in [0.05, 0.1) is 12.2 Å². The fourth-order valence-corrected chi connectivity index (χ4v) is 3.04. The van der Waals surface area contributed by atoms with Gasteiger partial charge in [-0.1, -0.05) is 36.4 Å². The van der Waals surface area contributed by atoms with E-state index in [0.717, 1.165) is 27.8 Å². The summed E-state index contributed by atoms with van der Waals surface area (Å²) in [7, 11) is 0. The molecule has 0 saturated carbocycles. The Bertz CT molecular complexity index is 906. The molecule has 2 heterocycles. The molecule has 1 aromatic heterocycles. The molecule has 21 heavy (non-hydrogen) atoms. The predicted octanol–water partition coefficient (Wildman–Crippen LogP) is 3.70. The minimum atomic E-state index is -0.291. The van der Waals surface area contributed by atoms with Gasteiger partial charge < -0.3 is 9.15 Å². The Balaban J connectivity index is 2.17. The zero-order valence-corrected chi connectivity index (χ0v) is 11.7. The van der Waals surface area contributed by atoms with Crippen molar-refractivity contribution < 1.29 is 9.15 Å². The van der Waals surface area contributed by atoms with Gasteiger partial charge in [0.25, 0.3) is 0 Å². The van der Waals surface area contributed by atoms with Crippen molar-refractivity contribution in [2.24, 2.45) is 0 Å². The molecule has 2 aromatic carbocycles. The molecule has 0 aliphatic carbocycles. The molecular formula is C18H14O3. The Morgan fingerprint density at radius 2 is 1.90 bits per heavy atom. The molecule has 0 radical (unpaired) electrons.